The number of nitrogens with two attached hydrogens (primary N) is 1. The van der Waals surface area contributed by atoms with Crippen molar-refractivity contribution >= 4 is 0 Å². The van der Waals surface area contributed by atoms with Gasteiger partial charge in [-0.25, -0.2) is 0 Å². The summed E-state index contributed by atoms with van der Waals surface area (Å²) in [6, 6.07) is 12.5. The van der Waals surface area contributed by atoms with E-state index in [4.69, 9.17) is 10.5 Å². The average Bonchev–Trinajstić information content (AvgIpc) is 2.37. The van der Waals surface area contributed by atoms with E-state index >= 15 is 0 Å². The molecule has 1 atom stereocenters. The van der Waals surface area contributed by atoms with E-state index in [-0.39, 0.29) is 6.04 Å². The summed E-state index contributed by atoms with van der Waals surface area (Å²) in [5.74, 6) is 0.891. The van der Waals surface area contributed by atoms with Crippen LogP contribution in [0.5, 0.6) is 5.75 Å². The Hall–Kier alpha value is -1.80. The predicted molar refractivity (Wildman–Crippen MR) is 84.0 cm³/mol. The lowest BCUT2D eigenvalue weighted by atomic mass is 10.0. The smallest absolute Gasteiger partial charge is 0.124 e. The van der Waals surface area contributed by atoms with Crippen molar-refractivity contribution in [3.8, 4) is 5.75 Å². The lowest BCUT2D eigenvalue weighted by Crippen LogP contribution is -2.09. The van der Waals surface area contributed by atoms with Crippen LogP contribution >= 0.6 is 0 Å². The van der Waals surface area contributed by atoms with Gasteiger partial charge in [0.1, 0.15) is 12.4 Å². The molecule has 20 heavy (non-hydrogen) atoms. The SMILES string of the molecule is Cc1ccc([C@H](C)N)c(OCc2c(C)cccc2C)c1. The summed E-state index contributed by atoms with van der Waals surface area (Å²) in [4.78, 5) is 0. The highest BCUT2D eigenvalue weighted by Crippen LogP contribution is 2.26. The molecule has 0 heterocycles. The van der Waals surface area contributed by atoms with Crippen LogP contribution in [0.4, 0.5) is 0 Å². The third-order valence-electron chi connectivity index (χ3n) is 3.68. The molecule has 0 bridgehead atoms. The molecular weight excluding hydrogens is 246 g/mol. The quantitative estimate of drug-likeness (QED) is 0.902. The van der Waals surface area contributed by atoms with Gasteiger partial charge in [-0.05, 0) is 56.0 Å². The zero-order chi connectivity index (χ0) is 14.7. The van der Waals surface area contributed by atoms with Crippen LogP contribution in [0.3, 0.4) is 0 Å². The van der Waals surface area contributed by atoms with Gasteiger partial charge in [0.25, 0.3) is 0 Å². The van der Waals surface area contributed by atoms with E-state index in [2.05, 4.69) is 57.2 Å². The van der Waals surface area contributed by atoms with Crippen LogP contribution in [0.1, 0.15) is 40.8 Å². The second-order valence-electron chi connectivity index (χ2n) is 5.49. The molecule has 0 aliphatic heterocycles. The van der Waals surface area contributed by atoms with Crippen molar-refractivity contribution < 1.29 is 4.74 Å². The molecule has 2 rings (SSSR count). The van der Waals surface area contributed by atoms with E-state index in [9.17, 15) is 0 Å². The second-order valence-corrected chi connectivity index (χ2v) is 5.49. The van der Waals surface area contributed by atoms with Gasteiger partial charge in [-0.2, -0.15) is 0 Å². The highest BCUT2D eigenvalue weighted by atomic mass is 16.5. The van der Waals surface area contributed by atoms with Gasteiger partial charge in [0, 0.05) is 11.6 Å². The van der Waals surface area contributed by atoms with Crippen LogP contribution in [-0.4, -0.2) is 0 Å². The zero-order valence-electron chi connectivity index (χ0n) is 12.7. The maximum atomic E-state index is 6.05. The first-order valence-electron chi connectivity index (χ1n) is 7.03. The molecule has 2 aromatic rings. The van der Waals surface area contributed by atoms with Crippen LogP contribution in [0.2, 0.25) is 0 Å². The molecule has 0 amide bonds. The molecule has 0 radical (unpaired) electrons. The average molecular weight is 269 g/mol. The van der Waals surface area contributed by atoms with Crippen LogP contribution in [-0.2, 0) is 6.61 Å². The van der Waals surface area contributed by atoms with Crippen LogP contribution in [0.15, 0.2) is 36.4 Å². The van der Waals surface area contributed by atoms with E-state index < -0.39 is 0 Å². The molecule has 0 aromatic heterocycles. The van der Waals surface area contributed by atoms with Crippen LogP contribution in [0, 0.1) is 20.8 Å². The van der Waals surface area contributed by atoms with Crippen LogP contribution in [0.25, 0.3) is 0 Å². The normalized spacial score (nSPS) is 12.2. The minimum Gasteiger partial charge on any atom is -0.489 e. The number of hydrogen-bond donors (Lipinski definition) is 1. The molecule has 0 aliphatic rings. The van der Waals surface area contributed by atoms with Crippen molar-refractivity contribution in [2.24, 2.45) is 5.73 Å². The van der Waals surface area contributed by atoms with Gasteiger partial charge in [0.05, 0.1) is 0 Å². The first-order valence-corrected chi connectivity index (χ1v) is 7.03. The Kier molecular flexibility index (Phi) is 4.46. The van der Waals surface area contributed by atoms with Gasteiger partial charge in [-0.15, -0.1) is 0 Å². The Morgan fingerprint density at radius 2 is 1.70 bits per heavy atom. The third kappa shape index (κ3) is 3.20. The van der Waals surface area contributed by atoms with Crippen molar-refractivity contribution in [2.75, 3.05) is 0 Å². The predicted octanol–water partition coefficient (Wildman–Crippen LogP) is 4.21. The summed E-state index contributed by atoms with van der Waals surface area (Å²) in [6.45, 7) is 8.87. The zero-order valence-corrected chi connectivity index (χ0v) is 12.7. The van der Waals surface area contributed by atoms with Gasteiger partial charge in [0.2, 0.25) is 0 Å². The van der Waals surface area contributed by atoms with E-state index in [1.165, 1.54) is 22.3 Å². The van der Waals surface area contributed by atoms with E-state index in [1.807, 2.05) is 6.92 Å². The molecule has 0 aliphatic carbocycles. The third-order valence-corrected chi connectivity index (χ3v) is 3.68. The fourth-order valence-corrected chi connectivity index (χ4v) is 2.37. The molecule has 2 aromatic carbocycles. The highest BCUT2D eigenvalue weighted by molar-refractivity contribution is 5.40. The Labute approximate surface area is 121 Å². The molecule has 0 fully saturated rings. The minimum atomic E-state index is -0.0245. The molecule has 0 saturated carbocycles. The Balaban J connectivity index is 2.25. The van der Waals surface area contributed by atoms with Crippen molar-refractivity contribution in [1.29, 1.82) is 0 Å². The minimum absolute atomic E-state index is 0.0245. The topological polar surface area (TPSA) is 35.2 Å². The summed E-state index contributed by atoms with van der Waals surface area (Å²) in [5, 5.41) is 0. The molecule has 2 nitrogen and oxygen atoms in total. The number of hydrogen-bond acceptors (Lipinski definition) is 2. The van der Waals surface area contributed by atoms with Crippen molar-refractivity contribution in [1.82, 2.24) is 0 Å². The lowest BCUT2D eigenvalue weighted by Gasteiger charge is -2.16. The molecule has 0 spiro atoms. The van der Waals surface area contributed by atoms with Crippen molar-refractivity contribution in [2.45, 2.75) is 40.3 Å². The second kappa shape index (κ2) is 6.10. The van der Waals surface area contributed by atoms with Gasteiger partial charge in [0.15, 0.2) is 0 Å². The number of rotatable bonds is 4. The Morgan fingerprint density at radius 3 is 2.30 bits per heavy atom. The molecule has 0 saturated heterocycles. The molecule has 2 heteroatoms. The van der Waals surface area contributed by atoms with Crippen molar-refractivity contribution in [3.63, 3.8) is 0 Å². The fraction of sp³-hybridized carbons (Fsp3) is 0.333. The largest absolute Gasteiger partial charge is 0.489 e. The van der Waals surface area contributed by atoms with Gasteiger partial charge in [-0.1, -0.05) is 30.3 Å². The standard InChI is InChI=1S/C18H23NO/c1-12-8-9-16(15(4)19)18(10-12)20-11-17-13(2)6-5-7-14(17)3/h5-10,15H,11,19H2,1-4H3/t15-/m0/s1. The van der Waals surface area contributed by atoms with Gasteiger partial charge in [-0.3, -0.25) is 0 Å². The maximum absolute atomic E-state index is 6.05. The van der Waals surface area contributed by atoms with Crippen molar-refractivity contribution in [3.05, 3.63) is 64.2 Å². The molecule has 106 valence electrons. The fourth-order valence-electron chi connectivity index (χ4n) is 2.37. The number of ether oxygens (including phenoxy) is 1. The maximum Gasteiger partial charge on any atom is 0.124 e. The summed E-state index contributed by atoms with van der Waals surface area (Å²) in [6.07, 6.45) is 0. The monoisotopic (exact) mass is 269 g/mol. The Bertz CT molecular complexity index is 582. The van der Waals surface area contributed by atoms with Crippen LogP contribution < -0.4 is 10.5 Å². The summed E-state index contributed by atoms with van der Waals surface area (Å²) >= 11 is 0. The van der Waals surface area contributed by atoms with Gasteiger partial charge >= 0.3 is 0 Å². The molecule has 0 unspecified atom stereocenters. The highest BCUT2D eigenvalue weighted by Gasteiger charge is 2.10. The summed E-state index contributed by atoms with van der Waals surface area (Å²) in [5.41, 5.74) is 12.0. The van der Waals surface area contributed by atoms with E-state index in [1.54, 1.807) is 0 Å². The first-order chi connectivity index (χ1) is 9.49. The molecule has 2 N–H and O–H groups in total. The number of benzene rings is 2. The van der Waals surface area contributed by atoms with Gasteiger partial charge < -0.3 is 10.5 Å². The van der Waals surface area contributed by atoms with E-state index in [0.29, 0.717) is 6.61 Å². The summed E-state index contributed by atoms with van der Waals surface area (Å²) in [7, 11) is 0. The molecular formula is C18H23NO. The summed E-state index contributed by atoms with van der Waals surface area (Å²) < 4.78 is 6.05. The number of aryl methyl sites for hydroxylation is 3. The lowest BCUT2D eigenvalue weighted by molar-refractivity contribution is 0.300. The first kappa shape index (κ1) is 14.6. The van der Waals surface area contributed by atoms with E-state index in [0.717, 1.165) is 11.3 Å². The Morgan fingerprint density at radius 1 is 1.05 bits per heavy atom.